The van der Waals surface area contributed by atoms with Crippen molar-refractivity contribution < 1.29 is 19.1 Å². The third-order valence-electron chi connectivity index (χ3n) is 2.93. The van der Waals surface area contributed by atoms with Crippen LogP contribution in [-0.4, -0.2) is 36.2 Å². The largest absolute Gasteiger partial charge is 0.444 e. The molecule has 2 rings (SSSR count). The van der Waals surface area contributed by atoms with Crippen molar-refractivity contribution in [2.75, 3.05) is 6.54 Å². The maximum atomic E-state index is 11.8. The van der Waals surface area contributed by atoms with E-state index in [4.69, 9.17) is 9.47 Å². The lowest BCUT2D eigenvalue weighted by molar-refractivity contribution is -0.135. The van der Waals surface area contributed by atoms with E-state index in [0.29, 0.717) is 6.42 Å². The lowest BCUT2D eigenvalue weighted by atomic mass is 9.94. The lowest BCUT2D eigenvalue weighted by Gasteiger charge is -2.28. The summed E-state index contributed by atoms with van der Waals surface area (Å²) in [5.41, 5.74) is -0.532. The number of fused-ring (bicyclic) bond motifs is 2. The van der Waals surface area contributed by atoms with Gasteiger partial charge in [0, 0.05) is 13.0 Å². The standard InChI is InChI=1S/C13H19NO4/c1-13(2,3)18-12(16)14-7-9-10(15)6-8-4-5-11(9)17-8/h4-5,8-9,11H,6-7H2,1-3H3,(H,14,16)/t8-,9-,11+/m0/s1. The van der Waals surface area contributed by atoms with Crippen molar-refractivity contribution in [2.45, 2.75) is 45.0 Å². The zero-order valence-corrected chi connectivity index (χ0v) is 10.9. The van der Waals surface area contributed by atoms with E-state index in [1.54, 1.807) is 20.8 Å². The van der Waals surface area contributed by atoms with Gasteiger partial charge in [0.1, 0.15) is 11.4 Å². The van der Waals surface area contributed by atoms with E-state index < -0.39 is 11.7 Å². The molecule has 3 atom stereocenters. The van der Waals surface area contributed by atoms with Gasteiger partial charge in [-0.15, -0.1) is 0 Å². The maximum absolute atomic E-state index is 11.8. The molecule has 18 heavy (non-hydrogen) atoms. The Hall–Kier alpha value is -1.36. The van der Waals surface area contributed by atoms with E-state index in [-0.39, 0.29) is 30.5 Å². The van der Waals surface area contributed by atoms with Gasteiger partial charge in [-0.3, -0.25) is 4.79 Å². The highest BCUT2D eigenvalue weighted by atomic mass is 16.6. The third kappa shape index (κ3) is 3.10. The summed E-state index contributed by atoms with van der Waals surface area (Å²) in [5, 5.41) is 2.63. The zero-order chi connectivity index (χ0) is 13.3. The van der Waals surface area contributed by atoms with E-state index in [1.165, 1.54) is 0 Å². The Morgan fingerprint density at radius 3 is 2.89 bits per heavy atom. The van der Waals surface area contributed by atoms with Crippen molar-refractivity contribution in [1.82, 2.24) is 5.32 Å². The molecule has 0 aliphatic carbocycles. The number of carbonyl (C=O) groups is 2. The molecule has 2 heterocycles. The smallest absolute Gasteiger partial charge is 0.407 e. The molecule has 1 saturated heterocycles. The van der Waals surface area contributed by atoms with Crippen LogP contribution in [0.2, 0.25) is 0 Å². The molecular weight excluding hydrogens is 234 g/mol. The Morgan fingerprint density at radius 2 is 2.22 bits per heavy atom. The minimum Gasteiger partial charge on any atom is -0.444 e. The van der Waals surface area contributed by atoms with Crippen LogP contribution in [0.1, 0.15) is 27.2 Å². The predicted molar refractivity (Wildman–Crippen MR) is 65.2 cm³/mol. The second-order valence-electron chi connectivity index (χ2n) is 5.68. The fourth-order valence-corrected chi connectivity index (χ4v) is 2.14. The quantitative estimate of drug-likeness (QED) is 0.756. The van der Waals surface area contributed by atoms with E-state index in [9.17, 15) is 9.59 Å². The lowest BCUT2D eigenvalue weighted by Crippen LogP contribution is -2.44. The monoisotopic (exact) mass is 253 g/mol. The Labute approximate surface area is 107 Å². The average Bonchev–Trinajstić information content (AvgIpc) is 2.58. The molecular formula is C13H19NO4. The van der Waals surface area contributed by atoms with Gasteiger partial charge in [0.15, 0.2) is 0 Å². The van der Waals surface area contributed by atoms with Gasteiger partial charge in [0.25, 0.3) is 0 Å². The second kappa shape index (κ2) is 4.72. The number of Topliss-reactive ketones (excluding diaryl/α,β-unsaturated/α-hetero) is 1. The predicted octanol–water partition coefficient (Wildman–Crippen LogP) is 1.42. The molecule has 0 radical (unpaired) electrons. The zero-order valence-electron chi connectivity index (χ0n) is 10.9. The van der Waals surface area contributed by atoms with Crippen LogP contribution >= 0.6 is 0 Å². The van der Waals surface area contributed by atoms with Crippen LogP contribution in [-0.2, 0) is 14.3 Å². The Morgan fingerprint density at radius 1 is 1.50 bits per heavy atom. The molecule has 2 bridgehead atoms. The highest BCUT2D eigenvalue weighted by Crippen LogP contribution is 2.28. The van der Waals surface area contributed by atoms with Crippen molar-refractivity contribution in [1.29, 1.82) is 0 Å². The van der Waals surface area contributed by atoms with E-state index in [1.807, 2.05) is 12.2 Å². The number of alkyl carbamates (subject to hydrolysis) is 1. The summed E-state index contributed by atoms with van der Waals surface area (Å²) < 4.78 is 10.7. The Kier molecular flexibility index (Phi) is 3.43. The van der Waals surface area contributed by atoms with Crippen LogP contribution in [0.3, 0.4) is 0 Å². The maximum Gasteiger partial charge on any atom is 0.407 e. The molecule has 100 valence electrons. The molecule has 2 aliphatic heterocycles. The van der Waals surface area contributed by atoms with Gasteiger partial charge in [-0.25, -0.2) is 4.79 Å². The Bertz CT molecular complexity index is 383. The van der Waals surface area contributed by atoms with Gasteiger partial charge in [-0.1, -0.05) is 12.2 Å². The summed E-state index contributed by atoms with van der Waals surface area (Å²) >= 11 is 0. The SMILES string of the molecule is CC(C)(C)OC(=O)NC[C@H]1C(=O)C[C@@H]2C=C[C@H]1O2. The number of nitrogens with one attached hydrogen (secondary N) is 1. The van der Waals surface area contributed by atoms with Crippen LogP contribution in [0.25, 0.3) is 0 Å². The minimum absolute atomic E-state index is 0.0692. The van der Waals surface area contributed by atoms with Crippen LogP contribution in [0.5, 0.6) is 0 Å². The highest BCUT2D eigenvalue weighted by Gasteiger charge is 2.38. The van der Waals surface area contributed by atoms with Crippen LogP contribution < -0.4 is 5.32 Å². The summed E-state index contributed by atoms with van der Waals surface area (Å²) in [7, 11) is 0. The average molecular weight is 253 g/mol. The number of hydrogen-bond donors (Lipinski definition) is 1. The molecule has 0 spiro atoms. The first kappa shape index (κ1) is 13.1. The van der Waals surface area contributed by atoms with Crippen molar-refractivity contribution in [2.24, 2.45) is 5.92 Å². The first-order valence-corrected chi connectivity index (χ1v) is 6.18. The molecule has 2 aliphatic rings. The number of amides is 1. The number of ether oxygens (including phenoxy) is 2. The van der Waals surface area contributed by atoms with Gasteiger partial charge < -0.3 is 14.8 Å². The molecule has 0 aromatic rings. The van der Waals surface area contributed by atoms with Crippen LogP contribution in [0.4, 0.5) is 4.79 Å². The van der Waals surface area contributed by atoms with Crippen LogP contribution in [0.15, 0.2) is 12.2 Å². The third-order valence-corrected chi connectivity index (χ3v) is 2.93. The summed E-state index contributed by atoms with van der Waals surface area (Å²) in [6.07, 6.45) is 3.44. The van der Waals surface area contributed by atoms with E-state index >= 15 is 0 Å². The molecule has 5 heteroatoms. The molecule has 0 saturated carbocycles. The number of ketones is 1. The van der Waals surface area contributed by atoms with Gasteiger partial charge in [0.2, 0.25) is 0 Å². The summed E-state index contributed by atoms with van der Waals surface area (Å²) in [5.74, 6) is -0.162. The minimum atomic E-state index is -0.532. The molecule has 1 amide bonds. The fraction of sp³-hybridized carbons (Fsp3) is 0.692. The number of carbonyl (C=O) groups excluding carboxylic acids is 2. The summed E-state index contributed by atoms with van der Waals surface area (Å²) in [4.78, 5) is 23.4. The van der Waals surface area contributed by atoms with E-state index in [2.05, 4.69) is 5.32 Å². The van der Waals surface area contributed by atoms with Gasteiger partial charge in [-0.05, 0) is 20.8 Å². The normalized spacial score (nSPS) is 30.4. The molecule has 1 fully saturated rings. The number of rotatable bonds is 2. The topological polar surface area (TPSA) is 64.6 Å². The summed E-state index contributed by atoms with van der Waals surface area (Å²) in [6.45, 7) is 5.65. The van der Waals surface area contributed by atoms with Gasteiger partial charge >= 0.3 is 6.09 Å². The van der Waals surface area contributed by atoms with Crippen molar-refractivity contribution in [3.63, 3.8) is 0 Å². The molecule has 0 unspecified atom stereocenters. The van der Waals surface area contributed by atoms with Crippen molar-refractivity contribution >= 4 is 11.9 Å². The first-order valence-electron chi connectivity index (χ1n) is 6.18. The van der Waals surface area contributed by atoms with Crippen molar-refractivity contribution in [3.05, 3.63) is 12.2 Å². The highest BCUT2D eigenvalue weighted by molar-refractivity contribution is 5.84. The number of hydrogen-bond acceptors (Lipinski definition) is 4. The molecule has 5 nitrogen and oxygen atoms in total. The molecule has 0 aromatic heterocycles. The van der Waals surface area contributed by atoms with Crippen molar-refractivity contribution in [3.8, 4) is 0 Å². The van der Waals surface area contributed by atoms with Gasteiger partial charge in [0.05, 0.1) is 18.1 Å². The molecule has 0 aromatic carbocycles. The first-order chi connectivity index (χ1) is 8.35. The molecule has 1 N–H and O–H groups in total. The Balaban J connectivity index is 1.84. The summed E-state index contributed by atoms with van der Waals surface area (Å²) in [6, 6.07) is 0. The van der Waals surface area contributed by atoms with E-state index in [0.717, 1.165) is 0 Å². The second-order valence-corrected chi connectivity index (χ2v) is 5.68. The fourth-order valence-electron chi connectivity index (χ4n) is 2.14. The van der Waals surface area contributed by atoms with Gasteiger partial charge in [-0.2, -0.15) is 0 Å². The van der Waals surface area contributed by atoms with Crippen LogP contribution in [0, 0.1) is 5.92 Å².